The molecule has 2 N–H and O–H groups in total. The van der Waals surface area contributed by atoms with Crippen LogP contribution in [0.4, 0.5) is 23.2 Å². The Morgan fingerprint density at radius 3 is 2.27 bits per heavy atom. The summed E-state index contributed by atoms with van der Waals surface area (Å²) < 4.78 is 63.2. The quantitative estimate of drug-likeness (QED) is 0.361. The van der Waals surface area contributed by atoms with E-state index in [9.17, 15) is 27.6 Å². The number of halogens is 4. The van der Waals surface area contributed by atoms with Gasteiger partial charge in [-0.25, -0.2) is 4.39 Å². The van der Waals surface area contributed by atoms with Gasteiger partial charge in [0.15, 0.2) is 0 Å². The summed E-state index contributed by atoms with van der Waals surface area (Å²) >= 11 is 0. The van der Waals surface area contributed by atoms with Crippen molar-refractivity contribution in [3.05, 3.63) is 47.5 Å². The molecule has 2 aliphatic carbocycles. The number of hydrogen-bond acceptors (Lipinski definition) is 5. The molecule has 1 aromatic heterocycles. The van der Waals surface area contributed by atoms with Crippen molar-refractivity contribution >= 4 is 23.4 Å². The number of hydrogen-bond donors (Lipinski definition) is 2. The number of nitrogens with one attached hydrogen (secondary N) is 2. The van der Waals surface area contributed by atoms with E-state index in [1.165, 1.54) is 25.3 Å². The van der Waals surface area contributed by atoms with Gasteiger partial charge in [0.2, 0.25) is 11.8 Å². The van der Waals surface area contributed by atoms with Crippen LogP contribution in [0.3, 0.4) is 0 Å². The summed E-state index contributed by atoms with van der Waals surface area (Å²) in [6.07, 6.45) is 0.352. The molecule has 2 heterocycles. The zero-order valence-corrected chi connectivity index (χ0v) is 25.1. The van der Waals surface area contributed by atoms with E-state index in [4.69, 9.17) is 4.74 Å². The van der Waals surface area contributed by atoms with Gasteiger partial charge in [0.25, 0.3) is 5.91 Å². The van der Waals surface area contributed by atoms with Crippen LogP contribution in [0, 0.1) is 23.6 Å². The lowest BCUT2D eigenvalue weighted by Crippen LogP contribution is -2.50. The Labute approximate surface area is 253 Å². The fraction of sp³-hybridized carbons (Fsp3) is 0.613. The van der Waals surface area contributed by atoms with Gasteiger partial charge >= 0.3 is 6.18 Å². The molecule has 3 aliphatic rings. The van der Waals surface area contributed by atoms with E-state index in [1.54, 1.807) is 10.7 Å². The molecule has 240 valence electrons. The number of alkyl halides is 3. The van der Waals surface area contributed by atoms with Crippen LogP contribution < -0.4 is 10.6 Å². The second-order valence-corrected chi connectivity index (χ2v) is 12.4. The lowest BCUT2D eigenvalue weighted by molar-refractivity contribution is -0.189. The largest absolute Gasteiger partial charge is 0.408 e. The van der Waals surface area contributed by atoms with Gasteiger partial charge in [-0.15, -0.1) is 0 Å². The van der Waals surface area contributed by atoms with Gasteiger partial charge in [-0.05, 0) is 94.4 Å². The highest BCUT2D eigenvalue weighted by atomic mass is 19.4. The van der Waals surface area contributed by atoms with Crippen LogP contribution in [0.5, 0.6) is 0 Å². The zero-order valence-electron chi connectivity index (χ0n) is 25.1. The normalized spacial score (nSPS) is 20.8. The van der Waals surface area contributed by atoms with E-state index < -0.39 is 47.7 Å². The number of anilines is 1. The summed E-state index contributed by atoms with van der Waals surface area (Å²) in [6.45, 7) is 4.85. The SMILES string of the molecule is CC(C)n1nccc1C(=O)N[C@H](C(=O)Nc1ccc([C@H](C)C(=O)N2CCOCC[C@H]2C(F)(F)F)cc1F)C(C1CC1)C1CC1. The Morgan fingerprint density at radius 2 is 1.68 bits per heavy atom. The summed E-state index contributed by atoms with van der Waals surface area (Å²) in [6, 6.07) is 2.41. The predicted octanol–water partition coefficient (Wildman–Crippen LogP) is 5.06. The van der Waals surface area contributed by atoms with Gasteiger partial charge in [-0.2, -0.15) is 18.3 Å². The summed E-state index contributed by atoms with van der Waals surface area (Å²) in [5, 5.41) is 9.75. The standard InChI is InChI=1S/C31H39F4N5O4/c1-17(2)40-24(10-12-36-40)28(41)38-27(26(19-4-5-19)20-6-7-20)29(42)37-23-9-8-21(16-22(23)32)18(3)30(43)39-13-15-44-14-11-25(39)31(33,34)35/h8-10,12,16-20,25-27H,4-7,11,13-15H2,1-3H3,(H,37,42)(H,38,41)/t18-,25-,27-/m0/s1. The minimum atomic E-state index is -4.62. The van der Waals surface area contributed by atoms with Crippen molar-refractivity contribution in [2.45, 2.75) is 83.1 Å². The Morgan fingerprint density at radius 1 is 1.00 bits per heavy atom. The van der Waals surface area contributed by atoms with Gasteiger partial charge in [0, 0.05) is 25.4 Å². The van der Waals surface area contributed by atoms with E-state index in [1.807, 2.05) is 13.8 Å². The van der Waals surface area contributed by atoms with Gasteiger partial charge in [-0.1, -0.05) is 6.07 Å². The van der Waals surface area contributed by atoms with Crippen LogP contribution in [0.2, 0.25) is 0 Å². The predicted molar refractivity (Wildman–Crippen MR) is 153 cm³/mol. The molecule has 1 saturated heterocycles. The summed E-state index contributed by atoms with van der Waals surface area (Å²) in [5.74, 6) is -3.19. The molecule has 9 nitrogen and oxygen atoms in total. The molecule has 5 rings (SSSR count). The van der Waals surface area contributed by atoms with E-state index in [2.05, 4.69) is 15.7 Å². The highest BCUT2D eigenvalue weighted by Gasteiger charge is 2.49. The number of rotatable bonds is 10. The van der Waals surface area contributed by atoms with E-state index >= 15 is 4.39 Å². The molecule has 3 atom stereocenters. The maximum Gasteiger partial charge on any atom is 0.408 e. The monoisotopic (exact) mass is 621 g/mol. The molecule has 0 radical (unpaired) electrons. The molecule has 0 spiro atoms. The van der Waals surface area contributed by atoms with Crippen LogP contribution >= 0.6 is 0 Å². The smallest absolute Gasteiger partial charge is 0.380 e. The molecule has 2 aromatic rings. The molecular weight excluding hydrogens is 582 g/mol. The van der Waals surface area contributed by atoms with Crippen LogP contribution in [-0.2, 0) is 14.3 Å². The van der Waals surface area contributed by atoms with Crippen LogP contribution in [-0.4, -0.2) is 70.4 Å². The van der Waals surface area contributed by atoms with Gasteiger partial charge in [0.05, 0.1) is 18.2 Å². The second-order valence-electron chi connectivity index (χ2n) is 12.4. The number of carbonyl (C=O) groups is 3. The molecular formula is C31H39F4N5O4. The third kappa shape index (κ3) is 7.08. The third-order valence-corrected chi connectivity index (χ3v) is 8.85. The van der Waals surface area contributed by atoms with Crippen molar-refractivity contribution in [2.75, 3.05) is 25.1 Å². The maximum absolute atomic E-state index is 15.4. The first-order chi connectivity index (χ1) is 20.9. The van der Waals surface area contributed by atoms with Crippen LogP contribution in [0.15, 0.2) is 30.5 Å². The first-order valence-corrected chi connectivity index (χ1v) is 15.3. The fourth-order valence-electron chi connectivity index (χ4n) is 6.23. The van der Waals surface area contributed by atoms with E-state index in [0.717, 1.165) is 36.6 Å². The zero-order chi connectivity index (χ0) is 31.8. The Balaban J connectivity index is 1.33. The second kappa shape index (κ2) is 12.9. The summed E-state index contributed by atoms with van der Waals surface area (Å²) in [7, 11) is 0. The third-order valence-electron chi connectivity index (χ3n) is 8.85. The maximum atomic E-state index is 15.4. The van der Waals surface area contributed by atoms with Crippen molar-refractivity contribution in [3.8, 4) is 0 Å². The number of nitrogens with zero attached hydrogens (tertiary/aromatic N) is 3. The van der Waals surface area contributed by atoms with Crippen molar-refractivity contribution in [2.24, 2.45) is 17.8 Å². The Kier molecular flexibility index (Phi) is 9.33. The minimum Gasteiger partial charge on any atom is -0.380 e. The Bertz CT molecular complexity index is 1360. The summed E-state index contributed by atoms with van der Waals surface area (Å²) in [5.41, 5.74) is 0.352. The lowest BCUT2D eigenvalue weighted by atomic mass is 9.88. The molecule has 3 fully saturated rings. The molecule has 1 aromatic carbocycles. The van der Waals surface area contributed by atoms with Crippen molar-refractivity contribution in [1.29, 1.82) is 0 Å². The van der Waals surface area contributed by atoms with E-state index in [-0.39, 0.29) is 61.2 Å². The molecule has 0 unspecified atom stereocenters. The van der Waals surface area contributed by atoms with Crippen molar-refractivity contribution in [3.63, 3.8) is 0 Å². The van der Waals surface area contributed by atoms with Crippen LogP contribution in [0.25, 0.3) is 0 Å². The minimum absolute atomic E-state index is 0.0232. The number of benzene rings is 1. The molecule has 0 bridgehead atoms. The van der Waals surface area contributed by atoms with Gasteiger partial charge < -0.3 is 20.3 Å². The topological polar surface area (TPSA) is 106 Å². The summed E-state index contributed by atoms with van der Waals surface area (Å²) in [4.78, 5) is 41.0. The molecule has 3 amide bonds. The van der Waals surface area contributed by atoms with Crippen LogP contribution in [0.1, 0.15) is 80.9 Å². The average Bonchev–Trinajstić information content (AvgIpc) is 3.90. The van der Waals surface area contributed by atoms with Crippen molar-refractivity contribution in [1.82, 2.24) is 20.0 Å². The molecule has 2 saturated carbocycles. The first kappa shape index (κ1) is 31.9. The highest BCUT2D eigenvalue weighted by Crippen LogP contribution is 2.51. The molecule has 44 heavy (non-hydrogen) atoms. The van der Waals surface area contributed by atoms with E-state index in [0.29, 0.717) is 5.69 Å². The van der Waals surface area contributed by atoms with Crippen molar-refractivity contribution < 1.29 is 36.7 Å². The van der Waals surface area contributed by atoms with Gasteiger partial charge in [-0.3, -0.25) is 19.1 Å². The number of carbonyl (C=O) groups excluding carboxylic acids is 3. The number of amides is 3. The average molecular weight is 622 g/mol. The fourth-order valence-corrected chi connectivity index (χ4v) is 6.23. The molecule has 13 heteroatoms. The number of aromatic nitrogens is 2. The first-order valence-electron chi connectivity index (χ1n) is 15.3. The number of ether oxygens (including phenoxy) is 1. The Hall–Kier alpha value is -3.48. The molecule has 1 aliphatic heterocycles. The highest BCUT2D eigenvalue weighted by molar-refractivity contribution is 6.01. The lowest BCUT2D eigenvalue weighted by Gasteiger charge is -2.33. The van der Waals surface area contributed by atoms with Gasteiger partial charge in [0.1, 0.15) is 23.6 Å².